The summed E-state index contributed by atoms with van der Waals surface area (Å²) in [5.41, 5.74) is 0.644. The van der Waals surface area contributed by atoms with Crippen LogP contribution in [0.25, 0.3) is 5.76 Å². The van der Waals surface area contributed by atoms with Crippen LogP contribution in [0.15, 0.2) is 54.4 Å². The normalized spacial score (nSPS) is 18.4. The average Bonchev–Trinajstić information content (AvgIpc) is 3.32. The Kier molecular flexibility index (Phi) is 5.13. The number of Topliss-reactive ketones (excluding diaryl/α,β-unsaturated/α-hetero) is 1. The van der Waals surface area contributed by atoms with Crippen molar-refractivity contribution in [3.63, 3.8) is 0 Å². The summed E-state index contributed by atoms with van der Waals surface area (Å²) in [6.07, 6.45) is 3.09. The summed E-state index contributed by atoms with van der Waals surface area (Å²) in [7, 11) is 0. The van der Waals surface area contributed by atoms with Crippen LogP contribution in [0.4, 0.5) is 9.52 Å². The number of aliphatic hydroxyl groups is 1. The molecule has 0 saturated carbocycles. The number of hydrogen-bond acceptors (Lipinski definition) is 7. The van der Waals surface area contributed by atoms with Gasteiger partial charge in [-0.25, -0.2) is 4.39 Å². The van der Waals surface area contributed by atoms with Gasteiger partial charge in [-0.3, -0.25) is 19.5 Å². The summed E-state index contributed by atoms with van der Waals surface area (Å²) in [4.78, 5) is 31.2. The first-order chi connectivity index (χ1) is 14.4. The molecule has 30 heavy (non-hydrogen) atoms. The fourth-order valence-electron chi connectivity index (χ4n) is 3.20. The van der Waals surface area contributed by atoms with E-state index < -0.39 is 29.3 Å². The molecule has 152 valence electrons. The Balaban J connectivity index is 1.91. The number of amides is 1. The minimum atomic E-state index is -0.934. The van der Waals surface area contributed by atoms with Gasteiger partial charge in [0.25, 0.3) is 5.78 Å². The number of rotatable bonds is 4. The molecule has 1 aliphatic heterocycles. The van der Waals surface area contributed by atoms with Crippen molar-refractivity contribution >= 4 is 33.9 Å². The zero-order valence-electron chi connectivity index (χ0n) is 16.1. The summed E-state index contributed by atoms with van der Waals surface area (Å²) < 4.78 is 13.3. The first-order valence-electron chi connectivity index (χ1n) is 9.18. The summed E-state index contributed by atoms with van der Waals surface area (Å²) >= 11 is 1.21. The van der Waals surface area contributed by atoms with Gasteiger partial charge in [0.1, 0.15) is 16.6 Å². The van der Waals surface area contributed by atoms with E-state index in [1.54, 1.807) is 18.3 Å². The van der Waals surface area contributed by atoms with Gasteiger partial charge < -0.3 is 5.11 Å². The Morgan fingerprint density at radius 2 is 1.90 bits per heavy atom. The van der Waals surface area contributed by atoms with E-state index in [1.165, 1.54) is 46.7 Å². The average molecular weight is 424 g/mol. The van der Waals surface area contributed by atoms with Crippen LogP contribution < -0.4 is 4.90 Å². The topological polar surface area (TPSA) is 96.3 Å². The second kappa shape index (κ2) is 7.75. The SMILES string of the molecule is CC(C)c1nnc(N2C(=O)C(=O)C(=C(O)c3ccc(F)cc3)[C@H]2c2cccnc2)s1. The molecule has 4 rings (SSSR count). The second-order valence-electron chi connectivity index (χ2n) is 7.04. The molecule has 1 saturated heterocycles. The molecule has 0 radical (unpaired) electrons. The molecule has 9 heteroatoms. The number of benzene rings is 1. The number of ketones is 1. The Bertz CT molecular complexity index is 1140. The third kappa shape index (κ3) is 3.37. The minimum Gasteiger partial charge on any atom is -0.507 e. The lowest BCUT2D eigenvalue weighted by Gasteiger charge is -2.22. The van der Waals surface area contributed by atoms with Crippen molar-refractivity contribution in [1.29, 1.82) is 0 Å². The van der Waals surface area contributed by atoms with Gasteiger partial charge in [0.15, 0.2) is 0 Å². The second-order valence-corrected chi connectivity index (χ2v) is 8.03. The number of aromatic nitrogens is 3. The number of carbonyl (C=O) groups excluding carboxylic acids is 2. The fraction of sp³-hybridized carbons (Fsp3) is 0.190. The molecule has 1 fully saturated rings. The van der Waals surface area contributed by atoms with Crippen molar-refractivity contribution in [1.82, 2.24) is 15.2 Å². The van der Waals surface area contributed by atoms with E-state index in [4.69, 9.17) is 0 Å². The van der Waals surface area contributed by atoms with Gasteiger partial charge in [0.2, 0.25) is 5.13 Å². The van der Waals surface area contributed by atoms with Gasteiger partial charge in [0, 0.05) is 23.9 Å². The van der Waals surface area contributed by atoms with Crippen LogP contribution in [0.5, 0.6) is 0 Å². The lowest BCUT2D eigenvalue weighted by molar-refractivity contribution is -0.132. The van der Waals surface area contributed by atoms with E-state index in [1.807, 2.05) is 13.8 Å². The van der Waals surface area contributed by atoms with Crippen LogP contribution in [-0.4, -0.2) is 32.0 Å². The summed E-state index contributed by atoms with van der Waals surface area (Å²) in [5.74, 6) is -2.45. The van der Waals surface area contributed by atoms with Gasteiger partial charge in [-0.15, -0.1) is 10.2 Å². The van der Waals surface area contributed by atoms with Crippen molar-refractivity contribution in [2.75, 3.05) is 4.90 Å². The Labute approximate surface area is 175 Å². The number of halogens is 1. The monoisotopic (exact) mass is 424 g/mol. The molecular weight excluding hydrogens is 407 g/mol. The van der Waals surface area contributed by atoms with E-state index in [0.29, 0.717) is 5.56 Å². The lowest BCUT2D eigenvalue weighted by Crippen LogP contribution is -2.29. The van der Waals surface area contributed by atoms with E-state index in [-0.39, 0.29) is 22.2 Å². The fourth-order valence-corrected chi connectivity index (χ4v) is 4.08. The Morgan fingerprint density at radius 1 is 1.17 bits per heavy atom. The van der Waals surface area contributed by atoms with Gasteiger partial charge in [-0.05, 0) is 35.9 Å². The first-order valence-corrected chi connectivity index (χ1v) is 10.0. The van der Waals surface area contributed by atoms with E-state index in [2.05, 4.69) is 15.2 Å². The van der Waals surface area contributed by atoms with Crippen molar-refractivity contribution in [2.45, 2.75) is 25.8 Å². The van der Waals surface area contributed by atoms with E-state index in [9.17, 15) is 19.1 Å². The van der Waals surface area contributed by atoms with Crippen molar-refractivity contribution < 1.29 is 19.1 Å². The number of anilines is 1. The molecule has 1 aliphatic rings. The van der Waals surface area contributed by atoms with Crippen LogP contribution in [0.2, 0.25) is 0 Å². The quantitative estimate of drug-likeness (QED) is 0.389. The molecule has 2 aromatic heterocycles. The number of nitrogens with zero attached hydrogens (tertiary/aromatic N) is 4. The molecule has 1 aromatic carbocycles. The summed E-state index contributed by atoms with van der Waals surface area (Å²) in [6, 6.07) is 7.48. The van der Waals surface area contributed by atoms with Crippen molar-refractivity contribution in [2.24, 2.45) is 0 Å². The maximum atomic E-state index is 13.3. The van der Waals surface area contributed by atoms with Gasteiger partial charge in [-0.1, -0.05) is 31.3 Å². The minimum absolute atomic E-state index is 0.101. The van der Waals surface area contributed by atoms with Crippen LogP contribution in [0.1, 0.15) is 41.9 Å². The first kappa shape index (κ1) is 19.8. The third-order valence-electron chi connectivity index (χ3n) is 4.69. The largest absolute Gasteiger partial charge is 0.507 e. The van der Waals surface area contributed by atoms with Gasteiger partial charge in [0.05, 0.1) is 11.6 Å². The lowest BCUT2D eigenvalue weighted by atomic mass is 9.96. The van der Waals surface area contributed by atoms with Crippen LogP contribution in [0, 0.1) is 5.82 Å². The molecule has 1 amide bonds. The number of pyridine rings is 1. The summed E-state index contributed by atoms with van der Waals surface area (Å²) in [5, 5.41) is 20.1. The molecular formula is C21H17FN4O3S. The third-order valence-corrected chi connectivity index (χ3v) is 5.92. The molecule has 3 aromatic rings. The Hall–Kier alpha value is -3.46. The molecule has 0 bridgehead atoms. The van der Waals surface area contributed by atoms with Gasteiger partial charge in [-0.2, -0.15) is 0 Å². The zero-order valence-corrected chi connectivity index (χ0v) is 16.9. The molecule has 0 spiro atoms. The van der Waals surface area contributed by atoms with E-state index in [0.717, 1.165) is 5.01 Å². The molecule has 0 aliphatic carbocycles. The highest BCUT2D eigenvalue weighted by atomic mass is 32.1. The number of aliphatic hydroxyl groups excluding tert-OH is 1. The van der Waals surface area contributed by atoms with E-state index >= 15 is 0 Å². The predicted molar refractivity (Wildman–Crippen MR) is 109 cm³/mol. The maximum absolute atomic E-state index is 13.3. The molecule has 1 N–H and O–H groups in total. The van der Waals surface area contributed by atoms with Crippen molar-refractivity contribution in [3.8, 4) is 0 Å². The molecule has 3 heterocycles. The molecule has 1 atom stereocenters. The Morgan fingerprint density at radius 3 is 2.50 bits per heavy atom. The summed E-state index contributed by atoms with van der Waals surface area (Å²) in [6.45, 7) is 3.90. The van der Waals surface area contributed by atoms with Crippen LogP contribution >= 0.6 is 11.3 Å². The number of carbonyl (C=O) groups is 2. The standard InChI is InChI=1S/C21H17FN4O3S/c1-11(2)19-24-25-21(30-19)26-16(13-4-3-9-23-10-13)15(18(28)20(26)29)17(27)12-5-7-14(22)8-6-12/h3-11,16,27H,1-2H3/t16-/m1/s1. The number of hydrogen-bond donors (Lipinski definition) is 1. The predicted octanol–water partition coefficient (Wildman–Crippen LogP) is 3.82. The smallest absolute Gasteiger partial charge is 0.301 e. The van der Waals surface area contributed by atoms with Gasteiger partial charge >= 0.3 is 5.91 Å². The zero-order chi connectivity index (χ0) is 21.4. The maximum Gasteiger partial charge on any atom is 0.301 e. The molecule has 7 nitrogen and oxygen atoms in total. The molecule has 0 unspecified atom stereocenters. The van der Waals surface area contributed by atoms with Crippen molar-refractivity contribution in [3.05, 3.63) is 76.3 Å². The van der Waals surface area contributed by atoms with Crippen LogP contribution in [0.3, 0.4) is 0 Å². The highest BCUT2D eigenvalue weighted by Crippen LogP contribution is 2.43. The highest BCUT2D eigenvalue weighted by molar-refractivity contribution is 7.15. The van der Waals surface area contributed by atoms with Crippen LogP contribution in [-0.2, 0) is 9.59 Å². The highest BCUT2D eigenvalue weighted by Gasteiger charge is 2.48.